The van der Waals surface area contributed by atoms with Crippen molar-refractivity contribution in [1.82, 2.24) is 4.98 Å². The monoisotopic (exact) mass is 390 g/mol. The lowest BCUT2D eigenvalue weighted by Gasteiger charge is -2.06. The fourth-order valence-electron chi connectivity index (χ4n) is 2.45. The van der Waals surface area contributed by atoms with E-state index in [-0.39, 0.29) is 12.3 Å². The number of hydrogen-bond acceptors (Lipinski definition) is 6. The number of pyridine rings is 1. The molecule has 0 atom stereocenters. The van der Waals surface area contributed by atoms with Crippen molar-refractivity contribution in [2.45, 2.75) is 13.2 Å². The van der Waals surface area contributed by atoms with E-state index in [1.165, 1.54) is 18.2 Å². The number of aromatic nitrogens is 1. The molecule has 2 aromatic carbocycles. The van der Waals surface area contributed by atoms with Crippen molar-refractivity contribution in [1.29, 1.82) is 0 Å². The average Bonchev–Trinajstić information content (AvgIpc) is 2.76. The first-order chi connectivity index (χ1) is 14.1. The van der Waals surface area contributed by atoms with Gasteiger partial charge in [-0.25, -0.2) is 4.79 Å². The van der Waals surface area contributed by atoms with E-state index < -0.39 is 10.9 Å². The van der Waals surface area contributed by atoms with Crippen LogP contribution in [0.3, 0.4) is 0 Å². The highest BCUT2D eigenvalue weighted by Crippen LogP contribution is 2.16. The SMILES string of the molecule is O=C(/C=C/c1ccc(OCc2cccnc2)cc1)OCc1cccc([N+](=O)[O-])c1. The number of hydrogen-bond donors (Lipinski definition) is 0. The van der Waals surface area contributed by atoms with Crippen LogP contribution in [-0.4, -0.2) is 15.9 Å². The van der Waals surface area contributed by atoms with Crippen molar-refractivity contribution in [3.05, 3.63) is 106 Å². The molecule has 29 heavy (non-hydrogen) atoms. The molecule has 0 fully saturated rings. The molecular formula is C22H18N2O5. The second kappa shape index (κ2) is 9.80. The molecule has 3 rings (SSSR count). The van der Waals surface area contributed by atoms with E-state index in [1.807, 2.05) is 36.4 Å². The second-order valence-electron chi connectivity index (χ2n) is 6.09. The number of esters is 1. The standard InChI is InChI=1S/C22H18N2O5/c25-22(29-15-18-3-1-5-20(13-18)24(26)27)11-8-17-6-9-21(10-7-17)28-16-19-4-2-12-23-14-19/h1-14H,15-16H2/b11-8+. The van der Waals surface area contributed by atoms with E-state index >= 15 is 0 Å². The van der Waals surface area contributed by atoms with Crippen LogP contribution in [0.5, 0.6) is 5.75 Å². The van der Waals surface area contributed by atoms with Gasteiger partial charge in [-0.3, -0.25) is 15.1 Å². The van der Waals surface area contributed by atoms with Crippen LogP contribution in [0.2, 0.25) is 0 Å². The van der Waals surface area contributed by atoms with Gasteiger partial charge in [0.15, 0.2) is 0 Å². The summed E-state index contributed by atoms with van der Waals surface area (Å²) in [7, 11) is 0. The molecule has 0 amide bonds. The van der Waals surface area contributed by atoms with E-state index in [4.69, 9.17) is 9.47 Å². The Hall–Kier alpha value is -4.00. The number of ether oxygens (including phenoxy) is 2. The summed E-state index contributed by atoms with van der Waals surface area (Å²) in [5.41, 5.74) is 2.30. The molecule has 1 aromatic heterocycles. The lowest BCUT2D eigenvalue weighted by atomic mass is 10.2. The summed E-state index contributed by atoms with van der Waals surface area (Å²) in [6.07, 6.45) is 6.39. The summed E-state index contributed by atoms with van der Waals surface area (Å²) in [4.78, 5) is 26.2. The van der Waals surface area contributed by atoms with E-state index in [9.17, 15) is 14.9 Å². The second-order valence-corrected chi connectivity index (χ2v) is 6.09. The summed E-state index contributed by atoms with van der Waals surface area (Å²) < 4.78 is 10.8. The van der Waals surface area contributed by atoms with Gasteiger partial charge in [0.2, 0.25) is 0 Å². The average molecular weight is 390 g/mol. The summed E-state index contributed by atoms with van der Waals surface area (Å²) in [5.74, 6) is 0.174. The van der Waals surface area contributed by atoms with E-state index in [1.54, 1.807) is 30.6 Å². The minimum absolute atomic E-state index is 0.0357. The van der Waals surface area contributed by atoms with Gasteiger partial charge < -0.3 is 9.47 Å². The Balaban J connectivity index is 1.48. The Morgan fingerprint density at radius 3 is 2.55 bits per heavy atom. The number of nitro groups is 1. The Bertz CT molecular complexity index is 1000. The predicted molar refractivity (Wildman–Crippen MR) is 107 cm³/mol. The fraction of sp³-hybridized carbons (Fsp3) is 0.0909. The first-order valence-electron chi connectivity index (χ1n) is 8.80. The molecule has 0 aliphatic carbocycles. The lowest BCUT2D eigenvalue weighted by molar-refractivity contribution is -0.384. The van der Waals surface area contributed by atoms with E-state index in [2.05, 4.69) is 4.98 Å². The number of nitro benzene ring substituents is 1. The summed E-state index contributed by atoms with van der Waals surface area (Å²) in [6.45, 7) is 0.388. The third-order valence-corrected chi connectivity index (χ3v) is 3.92. The smallest absolute Gasteiger partial charge is 0.331 e. The Morgan fingerprint density at radius 2 is 1.83 bits per heavy atom. The molecule has 3 aromatic rings. The quantitative estimate of drug-likeness (QED) is 0.246. The number of carbonyl (C=O) groups is 1. The Labute approximate surface area is 167 Å². The molecule has 7 nitrogen and oxygen atoms in total. The van der Waals surface area contributed by atoms with Crippen molar-refractivity contribution < 1.29 is 19.2 Å². The molecule has 0 unspecified atom stereocenters. The third kappa shape index (κ3) is 6.28. The summed E-state index contributed by atoms with van der Waals surface area (Å²) in [5, 5.41) is 10.8. The lowest BCUT2D eigenvalue weighted by Crippen LogP contribution is -2.01. The van der Waals surface area contributed by atoms with Gasteiger partial charge in [0.1, 0.15) is 19.0 Å². The van der Waals surface area contributed by atoms with Crippen LogP contribution in [0.4, 0.5) is 5.69 Å². The van der Waals surface area contributed by atoms with Crippen LogP contribution in [-0.2, 0) is 22.7 Å². The van der Waals surface area contributed by atoms with Gasteiger partial charge >= 0.3 is 5.97 Å². The summed E-state index contributed by atoms with van der Waals surface area (Å²) in [6, 6.07) is 17.0. The number of benzene rings is 2. The van der Waals surface area contributed by atoms with Crippen molar-refractivity contribution in [2.24, 2.45) is 0 Å². The van der Waals surface area contributed by atoms with E-state index in [0.717, 1.165) is 11.1 Å². The van der Waals surface area contributed by atoms with Gasteiger partial charge in [-0.05, 0) is 35.4 Å². The predicted octanol–water partition coefficient (Wildman–Crippen LogP) is 4.33. The van der Waals surface area contributed by atoms with Gasteiger partial charge in [-0.2, -0.15) is 0 Å². The third-order valence-electron chi connectivity index (χ3n) is 3.92. The van der Waals surface area contributed by atoms with Crippen molar-refractivity contribution in [3.63, 3.8) is 0 Å². The van der Waals surface area contributed by atoms with Crippen LogP contribution >= 0.6 is 0 Å². The molecule has 0 saturated heterocycles. The van der Waals surface area contributed by atoms with Crippen molar-refractivity contribution in [3.8, 4) is 5.75 Å². The van der Waals surface area contributed by atoms with Crippen molar-refractivity contribution in [2.75, 3.05) is 0 Å². The van der Waals surface area contributed by atoms with Gasteiger partial charge in [-0.1, -0.05) is 30.3 Å². The minimum atomic E-state index is -0.534. The molecule has 0 N–H and O–H groups in total. The number of non-ortho nitro benzene ring substituents is 1. The summed E-state index contributed by atoms with van der Waals surface area (Å²) >= 11 is 0. The van der Waals surface area contributed by atoms with Gasteiger partial charge in [0.25, 0.3) is 5.69 Å². The zero-order chi connectivity index (χ0) is 20.5. The topological polar surface area (TPSA) is 91.6 Å². The molecule has 0 spiro atoms. The van der Waals surface area contributed by atoms with Crippen LogP contribution < -0.4 is 4.74 Å². The first kappa shape index (κ1) is 19.8. The van der Waals surface area contributed by atoms with Crippen LogP contribution in [0, 0.1) is 10.1 Å². The molecular weight excluding hydrogens is 372 g/mol. The molecule has 0 bridgehead atoms. The first-order valence-corrected chi connectivity index (χ1v) is 8.80. The maximum Gasteiger partial charge on any atom is 0.331 e. The number of nitrogens with zero attached hydrogens (tertiary/aromatic N) is 2. The van der Waals surface area contributed by atoms with Gasteiger partial charge in [-0.15, -0.1) is 0 Å². The number of rotatable bonds is 8. The molecule has 0 radical (unpaired) electrons. The van der Waals surface area contributed by atoms with Crippen LogP contribution in [0.15, 0.2) is 79.1 Å². The number of carbonyl (C=O) groups excluding carboxylic acids is 1. The maximum absolute atomic E-state index is 11.9. The van der Waals surface area contributed by atoms with Gasteiger partial charge in [0, 0.05) is 36.2 Å². The molecule has 1 heterocycles. The highest BCUT2D eigenvalue weighted by Gasteiger charge is 2.06. The molecule has 0 saturated carbocycles. The zero-order valence-corrected chi connectivity index (χ0v) is 15.4. The Morgan fingerprint density at radius 1 is 1.03 bits per heavy atom. The van der Waals surface area contributed by atoms with Gasteiger partial charge in [0.05, 0.1) is 4.92 Å². The Kier molecular flexibility index (Phi) is 6.67. The zero-order valence-electron chi connectivity index (χ0n) is 15.4. The largest absolute Gasteiger partial charge is 0.489 e. The highest BCUT2D eigenvalue weighted by atomic mass is 16.6. The molecule has 0 aliphatic rings. The van der Waals surface area contributed by atoms with Crippen molar-refractivity contribution >= 4 is 17.7 Å². The highest BCUT2D eigenvalue weighted by molar-refractivity contribution is 5.87. The minimum Gasteiger partial charge on any atom is -0.489 e. The maximum atomic E-state index is 11.9. The van der Waals surface area contributed by atoms with Crippen LogP contribution in [0.1, 0.15) is 16.7 Å². The molecule has 146 valence electrons. The van der Waals surface area contributed by atoms with Crippen LogP contribution in [0.25, 0.3) is 6.08 Å². The van der Waals surface area contributed by atoms with E-state index in [0.29, 0.717) is 17.9 Å². The fourth-order valence-corrected chi connectivity index (χ4v) is 2.45. The molecule has 7 heteroatoms. The normalized spacial score (nSPS) is 10.6. The molecule has 0 aliphatic heterocycles.